The molecule has 0 aliphatic carbocycles. The summed E-state index contributed by atoms with van der Waals surface area (Å²) >= 11 is 0. The SMILES string of the molecule is CC1(C)C=CN2C(=O)[C@@H]3CCCN3C(=O)[C@@H]2Cc2c1[nH]c1ccccc21. The number of fused-ring (bicyclic) bond motifs is 5. The highest BCUT2D eigenvalue weighted by Gasteiger charge is 2.48. The van der Waals surface area contributed by atoms with Crippen molar-refractivity contribution in [2.24, 2.45) is 0 Å². The highest BCUT2D eigenvalue weighted by molar-refractivity contribution is 5.99. The Morgan fingerprint density at radius 2 is 1.92 bits per heavy atom. The number of carbonyl (C=O) groups is 2. The molecule has 1 aromatic carbocycles. The van der Waals surface area contributed by atoms with Crippen LogP contribution in [0.1, 0.15) is 37.9 Å². The second-order valence-electron chi connectivity index (χ2n) is 8.22. The smallest absolute Gasteiger partial charge is 0.250 e. The monoisotopic (exact) mass is 349 g/mol. The fourth-order valence-electron chi connectivity index (χ4n) is 4.79. The summed E-state index contributed by atoms with van der Waals surface area (Å²) in [5.41, 5.74) is 3.14. The van der Waals surface area contributed by atoms with E-state index in [1.54, 1.807) is 9.80 Å². The molecule has 1 N–H and O–H groups in total. The molecule has 2 aromatic rings. The molecule has 2 atom stereocenters. The van der Waals surface area contributed by atoms with Gasteiger partial charge in [0.15, 0.2) is 0 Å². The molecule has 0 saturated carbocycles. The molecule has 2 saturated heterocycles. The Hall–Kier alpha value is -2.56. The van der Waals surface area contributed by atoms with Gasteiger partial charge in [-0.1, -0.05) is 38.1 Å². The molecule has 5 rings (SSSR count). The van der Waals surface area contributed by atoms with Crippen molar-refractivity contribution >= 4 is 22.7 Å². The molecule has 2 amide bonds. The summed E-state index contributed by atoms with van der Waals surface area (Å²) in [7, 11) is 0. The zero-order chi connectivity index (χ0) is 18.1. The topological polar surface area (TPSA) is 56.4 Å². The minimum Gasteiger partial charge on any atom is -0.357 e. The second-order valence-corrected chi connectivity index (χ2v) is 8.22. The van der Waals surface area contributed by atoms with E-state index >= 15 is 0 Å². The quantitative estimate of drug-likeness (QED) is 0.795. The molecule has 3 aliphatic heterocycles. The summed E-state index contributed by atoms with van der Waals surface area (Å²) in [6.45, 7) is 5.00. The van der Waals surface area contributed by atoms with Gasteiger partial charge in [0.1, 0.15) is 12.1 Å². The van der Waals surface area contributed by atoms with Gasteiger partial charge >= 0.3 is 0 Å². The van der Waals surface area contributed by atoms with Crippen molar-refractivity contribution in [3.8, 4) is 0 Å². The van der Waals surface area contributed by atoms with Crippen LogP contribution in [0.3, 0.4) is 0 Å². The molecule has 1 aromatic heterocycles. The van der Waals surface area contributed by atoms with Gasteiger partial charge in [-0.05, 0) is 24.5 Å². The number of rotatable bonds is 0. The third-order valence-electron chi connectivity index (χ3n) is 6.20. The van der Waals surface area contributed by atoms with E-state index in [1.165, 1.54) is 0 Å². The lowest BCUT2D eigenvalue weighted by molar-refractivity contribution is -0.156. The van der Waals surface area contributed by atoms with Crippen molar-refractivity contribution in [1.29, 1.82) is 0 Å². The molecule has 3 aliphatic rings. The summed E-state index contributed by atoms with van der Waals surface area (Å²) in [5.74, 6) is 0.162. The lowest BCUT2D eigenvalue weighted by Crippen LogP contribution is -2.62. The summed E-state index contributed by atoms with van der Waals surface area (Å²) in [5, 5.41) is 1.15. The molecule has 5 nitrogen and oxygen atoms in total. The number of aromatic nitrogens is 1. The van der Waals surface area contributed by atoms with Gasteiger partial charge in [-0.15, -0.1) is 0 Å². The van der Waals surface area contributed by atoms with Crippen LogP contribution in [0, 0.1) is 0 Å². The van der Waals surface area contributed by atoms with Crippen LogP contribution < -0.4 is 0 Å². The number of benzene rings is 1. The van der Waals surface area contributed by atoms with Crippen LogP contribution in [0.15, 0.2) is 36.5 Å². The maximum absolute atomic E-state index is 13.2. The van der Waals surface area contributed by atoms with E-state index in [1.807, 2.05) is 18.3 Å². The van der Waals surface area contributed by atoms with Crippen molar-refractivity contribution < 1.29 is 9.59 Å². The molecule has 4 heterocycles. The van der Waals surface area contributed by atoms with Crippen LogP contribution in [0.2, 0.25) is 0 Å². The lowest BCUT2D eigenvalue weighted by atomic mass is 9.82. The first-order valence-corrected chi connectivity index (χ1v) is 9.39. The van der Waals surface area contributed by atoms with Crippen molar-refractivity contribution in [3.05, 3.63) is 47.8 Å². The number of carbonyl (C=O) groups excluding carboxylic acids is 2. The number of hydrogen-bond acceptors (Lipinski definition) is 2. The second kappa shape index (κ2) is 5.22. The van der Waals surface area contributed by atoms with Gasteiger partial charge in [-0.2, -0.15) is 0 Å². The molecule has 5 heteroatoms. The van der Waals surface area contributed by atoms with E-state index in [0.29, 0.717) is 13.0 Å². The van der Waals surface area contributed by atoms with Gasteiger partial charge in [0, 0.05) is 41.2 Å². The van der Waals surface area contributed by atoms with Crippen LogP contribution >= 0.6 is 0 Å². The van der Waals surface area contributed by atoms with Crippen LogP contribution in [-0.4, -0.2) is 45.2 Å². The zero-order valence-electron chi connectivity index (χ0n) is 15.2. The predicted octanol–water partition coefficient (Wildman–Crippen LogP) is 2.72. The minimum absolute atomic E-state index is 0.0717. The standard InChI is InChI=1S/C21H23N3O2/c1-21(2)9-11-24-17(20(26)23-10-5-8-16(23)19(24)25)12-14-13-6-3-4-7-15(13)22-18(14)21/h3-4,6-7,9,11,16-17,22H,5,8,10,12H2,1-2H3/t16-,17-/m0/s1. The Morgan fingerprint density at radius 1 is 1.12 bits per heavy atom. The molecule has 0 spiro atoms. The van der Waals surface area contributed by atoms with Crippen LogP contribution in [-0.2, 0) is 21.4 Å². The number of H-pyrrole nitrogens is 1. The summed E-state index contributed by atoms with van der Waals surface area (Å²) in [6, 6.07) is 7.51. The first kappa shape index (κ1) is 15.7. The Balaban J connectivity index is 1.69. The van der Waals surface area contributed by atoms with Gasteiger partial charge in [0.25, 0.3) is 0 Å². The highest BCUT2D eigenvalue weighted by Crippen LogP contribution is 2.38. The summed E-state index contributed by atoms with van der Waals surface area (Å²) in [4.78, 5) is 33.3. The number of aromatic amines is 1. The van der Waals surface area contributed by atoms with Gasteiger partial charge < -0.3 is 14.8 Å². The van der Waals surface area contributed by atoms with Gasteiger partial charge in [0.05, 0.1) is 0 Å². The van der Waals surface area contributed by atoms with Gasteiger partial charge in [-0.3, -0.25) is 9.59 Å². The van der Waals surface area contributed by atoms with Crippen LogP contribution in [0.5, 0.6) is 0 Å². The van der Waals surface area contributed by atoms with E-state index < -0.39 is 6.04 Å². The van der Waals surface area contributed by atoms with Gasteiger partial charge in [-0.25, -0.2) is 0 Å². The van der Waals surface area contributed by atoms with Crippen molar-refractivity contribution in [2.45, 2.75) is 50.6 Å². The van der Waals surface area contributed by atoms with Gasteiger partial charge in [0.2, 0.25) is 11.8 Å². The number of amides is 2. The zero-order valence-corrected chi connectivity index (χ0v) is 15.2. The molecule has 0 radical (unpaired) electrons. The van der Waals surface area contributed by atoms with Crippen molar-refractivity contribution in [2.75, 3.05) is 6.54 Å². The number of allylic oxidation sites excluding steroid dienone is 1. The molecule has 134 valence electrons. The number of piperazine rings is 1. The molecule has 0 unspecified atom stereocenters. The van der Waals surface area contributed by atoms with E-state index in [0.717, 1.165) is 35.0 Å². The number of para-hydroxylation sites is 1. The minimum atomic E-state index is -0.442. The van der Waals surface area contributed by atoms with E-state index in [4.69, 9.17) is 0 Å². The van der Waals surface area contributed by atoms with E-state index in [-0.39, 0.29) is 23.3 Å². The summed E-state index contributed by atoms with van der Waals surface area (Å²) in [6.07, 6.45) is 6.17. The first-order chi connectivity index (χ1) is 12.5. The fourth-order valence-corrected chi connectivity index (χ4v) is 4.79. The third kappa shape index (κ3) is 2.03. The maximum Gasteiger partial charge on any atom is 0.250 e. The Labute approximate surface area is 152 Å². The molecular formula is C21H23N3O2. The van der Waals surface area contributed by atoms with Crippen molar-refractivity contribution in [1.82, 2.24) is 14.8 Å². The lowest BCUT2D eigenvalue weighted by Gasteiger charge is -2.42. The first-order valence-electron chi connectivity index (χ1n) is 9.39. The average Bonchev–Trinajstić information content (AvgIpc) is 3.23. The van der Waals surface area contributed by atoms with Crippen LogP contribution in [0.25, 0.3) is 10.9 Å². The number of nitrogens with one attached hydrogen (secondary N) is 1. The van der Waals surface area contributed by atoms with Crippen molar-refractivity contribution in [3.63, 3.8) is 0 Å². The summed E-state index contributed by atoms with van der Waals surface area (Å²) < 4.78 is 0. The predicted molar refractivity (Wildman–Crippen MR) is 99.5 cm³/mol. The fraction of sp³-hybridized carbons (Fsp3) is 0.429. The molecule has 26 heavy (non-hydrogen) atoms. The number of hydrogen-bond donors (Lipinski definition) is 1. The highest BCUT2D eigenvalue weighted by atomic mass is 16.2. The third-order valence-corrected chi connectivity index (χ3v) is 6.20. The van der Waals surface area contributed by atoms with E-state index in [2.05, 4.69) is 37.0 Å². The van der Waals surface area contributed by atoms with E-state index in [9.17, 15) is 9.59 Å². The average molecular weight is 349 g/mol. The Bertz CT molecular complexity index is 955. The molecular weight excluding hydrogens is 326 g/mol. The Morgan fingerprint density at radius 3 is 2.77 bits per heavy atom. The number of nitrogens with zero attached hydrogens (tertiary/aromatic N) is 2. The molecule has 0 bridgehead atoms. The Kier molecular flexibility index (Phi) is 3.15. The maximum atomic E-state index is 13.2. The largest absolute Gasteiger partial charge is 0.357 e. The van der Waals surface area contributed by atoms with Crippen LogP contribution in [0.4, 0.5) is 0 Å². The normalized spacial score (nSPS) is 27.2. The molecule has 2 fully saturated rings.